The molecule has 5 nitrogen and oxygen atoms in total. The number of hydrogen-bond donors (Lipinski definition) is 2. The maximum Gasteiger partial charge on any atom is 0.0596 e. The van der Waals surface area contributed by atoms with Gasteiger partial charge in [-0.1, -0.05) is 6.92 Å². The molecular formula is C16H31N5. The Labute approximate surface area is 128 Å². The highest BCUT2D eigenvalue weighted by atomic mass is 15.3. The maximum absolute atomic E-state index is 5.96. The van der Waals surface area contributed by atoms with Crippen molar-refractivity contribution in [3.05, 3.63) is 17.5 Å². The molecule has 1 aliphatic carbocycles. The molecule has 0 aliphatic heterocycles. The van der Waals surface area contributed by atoms with Crippen LogP contribution in [0.4, 0.5) is 0 Å². The molecule has 0 aromatic carbocycles. The van der Waals surface area contributed by atoms with Gasteiger partial charge in [0.05, 0.1) is 5.69 Å². The van der Waals surface area contributed by atoms with Crippen LogP contribution in [0.5, 0.6) is 0 Å². The fourth-order valence-corrected chi connectivity index (χ4v) is 3.84. The van der Waals surface area contributed by atoms with Crippen LogP contribution < -0.4 is 11.3 Å². The third-order valence-electron chi connectivity index (χ3n) is 5.39. The number of aromatic nitrogens is 2. The van der Waals surface area contributed by atoms with Crippen molar-refractivity contribution in [2.45, 2.75) is 57.5 Å². The first-order valence-corrected chi connectivity index (χ1v) is 8.02. The van der Waals surface area contributed by atoms with Crippen molar-refractivity contribution >= 4 is 0 Å². The van der Waals surface area contributed by atoms with Gasteiger partial charge in [-0.2, -0.15) is 5.10 Å². The van der Waals surface area contributed by atoms with Crippen molar-refractivity contribution in [3.8, 4) is 0 Å². The molecule has 1 heterocycles. The Morgan fingerprint density at radius 3 is 2.52 bits per heavy atom. The molecule has 1 atom stereocenters. The van der Waals surface area contributed by atoms with E-state index in [1.165, 1.54) is 31.4 Å². The van der Waals surface area contributed by atoms with Crippen molar-refractivity contribution in [1.29, 1.82) is 0 Å². The molecule has 0 spiro atoms. The van der Waals surface area contributed by atoms with Gasteiger partial charge in [0.15, 0.2) is 0 Å². The quantitative estimate of drug-likeness (QED) is 0.640. The highest BCUT2D eigenvalue weighted by Crippen LogP contribution is 2.38. The van der Waals surface area contributed by atoms with Crippen molar-refractivity contribution in [2.75, 3.05) is 14.1 Å². The smallest absolute Gasteiger partial charge is 0.0596 e. The largest absolute Gasteiger partial charge is 0.302 e. The summed E-state index contributed by atoms with van der Waals surface area (Å²) >= 11 is 0. The Balaban J connectivity index is 2.22. The summed E-state index contributed by atoms with van der Waals surface area (Å²) < 4.78 is 1.98. The Morgan fingerprint density at radius 2 is 2.10 bits per heavy atom. The van der Waals surface area contributed by atoms with Gasteiger partial charge < -0.3 is 4.90 Å². The van der Waals surface area contributed by atoms with Gasteiger partial charge in [-0.3, -0.25) is 16.0 Å². The minimum Gasteiger partial charge on any atom is -0.302 e. The lowest BCUT2D eigenvalue weighted by Gasteiger charge is -2.49. The molecule has 0 amide bonds. The second-order valence-electron chi connectivity index (χ2n) is 7.00. The SMILES string of the molecule is Cc1cc(CC(NN)C2(N(C)C)CCC(C)CC2)n(C)n1. The fourth-order valence-electron chi connectivity index (χ4n) is 3.84. The van der Waals surface area contributed by atoms with E-state index < -0.39 is 0 Å². The lowest BCUT2D eigenvalue weighted by atomic mass is 9.71. The number of hydrazine groups is 1. The number of nitrogens with one attached hydrogen (secondary N) is 1. The molecule has 1 saturated carbocycles. The van der Waals surface area contributed by atoms with Gasteiger partial charge in [0.1, 0.15) is 0 Å². The van der Waals surface area contributed by atoms with E-state index in [-0.39, 0.29) is 11.6 Å². The third kappa shape index (κ3) is 3.30. The first kappa shape index (κ1) is 16.5. The Morgan fingerprint density at radius 1 is 1.48 bits per heavy atom. The number of aryl methyl sites for hydroxylation is 2. The maximum atomic E-state index is 5.96. The van der Waals surface area contributed by atoms with E-state index in [0.29, 0.717) is 0 Å². The van der Waals surface area contributed by atoms with Gasteiger partial charge in [0, 0.05) is 30.7 Å². The minimum atomic E-state index is 0.138. The molecular weight excluding hydrogens is 262 g/mol. The van der Waals surface area contributed by atoms with Crippen molar-refractivity contribution in [3.63, 3.8) is 0 Å². The van der Waals surface area contributed by atoms with Crippen LogP contribution >= 0.6 is 0 Å². The van der Waals surface area contributed by atoms with Crippen LogP contribution in [0.1, 0.15) is 44.0 Å². The van der Waals surface area contributed by atoms with Crippen LogP contribution in [0.3, 0.4) is 0 Å². The summed E-state index contributed by atoms with van der Waals surface area (Å²) in [4.78, 5) is 2.38. The van der Waals surface area contributed by atoms with Crippen LogP contribution in [-0.4, -0.2) is 40.4 Å². The third-order valence-corrected chi connectivity index (χ3v) is 5.39. The molecule has 21 heavy (non-hydrogen) atoms. The van der Waals surface area contributed by atoms with E-state index in [2.05, 4.69) is 42.5 Å². The molecule has 3 N–H and O–H groups in total. The minimum absolute atomic E-state index is 0.138. The van der Waals surface area contributed by atoms with Gasteiger partial charge >= 0.3 is 0 Å². The van der Waals surface area contributed by atoms with Gasteiger partial charge in [-0.25, -0.2) is 0 Å². The summed E-state index contributed by atoms with van der Waals surface area (Å²) in [5, 5.41) is 4.46. The van der Waals surface area contributed by atoms with E-state index in [1.54, 1.807) is 0 Å². The molecule has 0 radical (unpaired) electrons. The zero-order valence-electron chi connectivity index (χ0n) is 14.2. The predicted octanol–water partition coefficient (Wildman–Crippen LogP) is 1.61. The van der Waals surface area contributed by atoms with Gasteiger partial charge in [0.25, 0.3) is 0 Å². The van der Waals surface area contributed by atoms with Crippen molar-refractivity contribution in [2.24, 2.45) is 18.8 Å². The molecule has 0 saturated heterocycles. The number of hydrogen-bond acceptors (Lipinski definition) is 4. The molecule has 1 fully saturated rings. The molecule has 120 valence electrons. The standard InChI is InChI=1S/C16H31N5/c1-12-6-8-16(9-7-12,20(3)4)15(18-17)11-14-10-13(2)19-21(14)5/h10,12,15,18H,6-9,11,17H2,1-5H3. The summed E-state index contributed by atoms with van der Waals surface area (Å²) in [6.45, 7) is 4.40. The summed E-state index contributed by atoms with van der Waals surface area (Å²) in [6.07, 6.45) is 5.88. The van der Waals surface area contributed by atoms with Crippen molar-refractivity contribution < 1.29 is 0 Å². The Bertz CT molecular complexity index is 457. The number of rotatable bonds is 5. The molecule has 1 aliphatic rings. The van der Waals surface area contributed by atoms with Crippen LogP contribution in [0.2, 0.25) is 0 Å². The topological polar surface area (TPSA) is 59.1 Å². The molecule has 5 heteroatoms. The average molecular weight is 293 g/mol. The fraction of sp³-hybridized carbons (Fsp3) is 0.812. The van der Waals surface area contributed by atoms with E-state index in [1.807, 2.05) is 18.7 Å². The Kier molecular flexibility index (Phi) is 5.07. The van der Waals surface area contributed by atoms with E-state index >= 15 is 0 Å². The highest BCUT2D eigenvalue weighted by molar-refractivity contribution is 5.13. The normalized spacial score (nSPS) is 28.0. The number of likely N-dealkylation sites (N-methyl/N-ethyl adjacent to an activating group) is 1. The lowest BCUT2D eigenvalue weighted by molar-refractivity contribution is 0.0428. The van der Waals surface area contributed by atoms with Crippen molar-refractivity contribution in [1.82, 2.24) is 20.1 Å². The summed E-state index contributed by atoms with van der Waals surface area (Å²) in [7, 11) is 6.39. The predicted molar refractivity (Wildman–Crippen MR) is 86.8 cm³/mol. The number of nitrogens with zero attached hydrogens (tertiary/aromatic N) is 3. The summed E-state index contributed by atoms with van der Waals surface area (Å²) in [5.41, 5.74) is 5.56. The molecule has 2 rings (SSSR count). The van der Waals surface area contributed by atoms with Crippen LogP contribution in [0.15, 0.2) is 6.07 Å². The highest BCUT2D eigenvalue weighted by Gasteiger charge is 2.42. The lowest BCUT2D eigenvalue weighted by Crippen LogP contribution is -2.62. The zero-order chi connectivity index (χ0) is 15.6. The van der Waals surface area contributed by atoms with Crippen LogP contribution in [0.25, 0.3) is 0 Å². The van der Waals surface area contributed by atoms with E-state index in [9.17, 15) is 0 Å². The molecule has 1 unspecified atom stereocenters. The molecule has 0 bridgehead atoms. The second-order valence-corrected chi connectivity index (χ2v) is 7.00. The van der Waals surface area contributed by atoms with Crippen LogP contribution in [0, 0.1) is 12.8 Å². The second kappa shape index (κ2) is 6.46. The van der Waals surface area contributed by atoms with Crippen LogP contribution in [-0.2, 0) is 13.5 Å². The average Bonchev–Trinajstić information content (AvgIpc) is 2.75. The first-order valence-electron chi connectivity index (χ1n) is 8.02. The van der Waals surface area contributed by atoms with Gasteiger partial charge in [0.2, 0.25) is 0 Å². The zero-order valence-corrected chi connectivity index (χ0v) is 14.2. The van der Waals surface area contributed by atoms with E-state index in [4.69, 9.17) is 5.84 Å². The van der Waals surface area contributed by atoms with Gasteiger partial charge in [-0.15, -0.1) is 0 Å². The summed E-state index contributed by atoms with van der Waals surface area (Å²) in [5.74, 6) is 6.79. The summed E-state index contributed by atoms with van der Waals surface area (Å²) in [6, 6.07) is 2.41. The molecule has 1 aromatic heterocycles. The first-order chi connectivity index (χ1) is 9.89. The molecule has 1 aromatic rings. The number of nitrogens with two attached hydrogens (primary N) is 1. The van der Waals surface area contributed by atoms with Gasteiger partial charge in [-0.05, 0) is 58.7 Å². The monoisotopic (exact) mass is 293 g/mol. The Hall–Kier alpha value is -0.910. The van der Waals surface area contributed by atoms with E-state index in [0.717, 1.165) is 18.0 Å².